The maximum absolute atomic E-state index is 5.86. The van der Waals surface area contributed by atoms with Crippen molar-refractivity contribution in [3.8, 4) is 5.88 Å². The maximum Gasteiger partial charge on any atom is 0.239 e. The van der Waals surface area contributed by atoms with Crippen LogP contribution >= 0.6 is 0 Å². The van der Waals surface area contributed by atoms with Gasteiger partial charge in [-0.15, -0.1) is 0 Å². The van der Waals surface area contributed by atoms with Gasteiger partial charge < -0.3 is 20.5 Å². The van der Waals surface area contributed by atoms with Crippen LogP contribution in [0.4, 0.5) is 11.5 Å². The first-order valence-corrected chi connectivity index (χ1v) is 6.91. The van der Waals surface area contributed by atoms with Gasteiger partial charge in [0.2, 0.25) is 5.88 Å². The van der Waals surface area contributed by atoms with Crippen molar-refractivity contribution < 1.29 is 9.47 Å². The van der Waals surface area contributed by atoms with E-state index in [1.807, 2.05) is 12.1 Å². The van der Waals surface area contributed by atoms with Crippen LogP contribution < -0.4 is 15.8 Å². The Bertz CT molecular complexity index is 394. The summed E-state index contributed by atoms with van der Waals surface area (Å²) in [7, 11) is 1.72. The monoisotopic (exact) mass is 265 g/mol. The summed E-state index contributed by atoms with van der Waals surface area (Å²) in [5, 5.41) is 3.27. The number of methoxy groups -OCH3 is 1. The summed E-state index contributed by atoms with van der Waals surface area (Å²) in [5.74, 6) is 2.07. The highest BCUT2D eigenvalue weighted by Gasteiger charge is 2.22. The predicted molar refractivity (Wildman–Crippen MR) is 76.5 cm³/mol. The molecule has 1 heterocycles. The van der Waals surface area contributed by atoms with Crippen molar-refractivity contribution in [2.24, 2.45) is 5.92 Å². The average Bonchev–Trinajstić information content (AvgIpc) is 3.23. The van der Waals surface area contributed by atoms with Gasteiger partial charge in [-0.25, -0.2) is 0 Å². The minimum Gasteiger partial charge on any atom is -0.476 e. The van der Waals surface area contributed by atoms with E-state index in [0.29, 0.717) is 17.5 Å². The zero-order valence-corrected chi connectivity index (χ0v) is 11.5. The number of aromatic nitrogens is 1. The van der Waals surface area contributed by atoms with Crippen molar-refractivity contribution in [2.75, 3.05) is 37.9 Å². The lowest BCUT2D eigenvalue weighted by Gasteiger charge is -2.10. The first-order valence-electron chi connectivity index (χ1n) is 6.91. The molecule has 0 spiro atoms. The third-order valence-electron chi connectivity index (χ3n) is 3.12. The van der Waals surface area contributed by atoms with Crippen molar-refractivity contribution in [3.63, 3.8) is 0 Å². The summed E-state index contributed by atoms with van der Waals surface area (Å²) in [4.78, 5) is 4.40. The Hall–Kier alpha value is -1.49. The number of nitrogens with zero attached hydrogens (tertiary/aromatic N) is 1. The average molecular weight is 265 g/mol. The third-order valence-corrected chi connectivity index (χ3v) is 3.12. The van der Waals surface area contributed by atoms with E-state index in [9.17, 15) is 0 Å². The van der Waals surface area contributed by atoms with E-state index in [1.54, 1.807) is 7.11 Å². The Balaban J connectivity index is 1.77. The molecule has 1 aliphatic carbocycles. The van der Waals surface area contributed by atoms with Gasteiger partial charge in [-0.3, -0.25) is 0 Å². The molecule has 0 saturated heterocycles. The van der Waals surface area contributed by atoms with Crippen LogP contribution in [-0.4, -0.2) is 31.9 Å². The Morgan fingerprint density at radius 3 is 2.95 bits per heavy atom. The van der Waals surface area contributed by atoms with Gasteiger partial charge in [-0.2, -0.15) is 4.98 Å². The van der Waals surface area contributed by atoms with Crippen LogP contribution in [-0.2, 0) is 4.74 Å². The maximum atomic E-state index is 5.86. The number of nitrogens with two attached hydrogens (primary N) is 1. The molecule has 0 aliphatic heterocycles. The Kier molecular flexibility index (Phi) is 5.27. The molecular weight excluding hydrogens is 242 g/mol. The van der Waals surface area contributed by atoms with Gasteiger partial charge in [0, 0.05) is 20.3 Å². The number of hydrogen-bond acceptors (Lipinski definition) is 5. The summed E-state index contributed by atoms with van der Waals surface area (Å²) in [6, 6.07) is 3.72. The van der Waals surface area contributed by atoms with Crippen LogP contribution in [0.3, 0.4) is 0 Å². The van der Waals surface area contributed by atoms with Crippen LogP contribution in [0.1, 0.15) is 25.7 Å². The van der Waals surface area contributed by atoms with Crippen LogP contribution in [0.25, 0.3) is 0 Å². The van der Waals surface area contributed by atoms with Crippen molar-refractivity contribution >= 4 is 11.5 Å². The topological polar surface area (TPSA) is 69.4 Å². The summed E-state index contributed by atoms with van der Waals surface area (Å²) >= 11 is 0. The van der Waals surface area contributed by atoms with Crippen molar-refractivity contribution in [3.05, 3.63) is 12.1 Å². The molecule has 2 rings (SSSR count). The van der Waals surface area contributed by atoms with Gasteiger partial charge in [0.1, 0.15) is 5.82 Å². The SMILES string of the molecule is COCCCCNc1ccc(N)c(OCC2CC2)n1. The molecule has 1 aromatic heterocycles. The highest BCUT2D eigenvalue weighted by Crippen LogP contribution is 2.30. The predicted octanol–water partition coefficient (Wildman–Crippen LogP) is 2.29. The van der Waals surface area contributed by atoms with E-state index < -0.39 is 0 Å². The standard InChI is InChI=1S/C14H23N3O2/c1-18-9-3-2-8-16-13-7-6-12(15)14(17-13)19-10-11-4-5-11/h6-7,11H,2-5,8-10,15H2,1H3,(H,16,17). The first kappa shape index (κ1) is 13.9. The molecular formula is C14H23N3O2. The molecule has 1 aliphatic rings. The second-order valence-electron chi connectivity index (χ2n) is 4.97. The fraction of sp³-hybridized carbons (Fsp3) is 0.643. The Labute approximate surface area is 114 Å². The minimum atomic E-state index is 0.550. The molecule has 0 atom stereocenters. The third kappa shape index (κ3) is 4.95. The lowest BCUT2D eigenvalue weighted by molar-refractivity contribution is 0.194. The number of unbranched alkanes of at least 4 members (excludes halogenated alkanes) is 1. The van der Waals surface area contributed by atoms with Crippen molar-refractivity contribution in [1.82, 2.24) is 4.98 Å². The molecule has 0 bridgehead atoms. The van der Waals surface area contributed by atoms with Crippen molar-refractivity contribution in [2.45, 2.75) is 25.7 Å². The van der Waals surface area contributed by atoms with E-state index in [1.165, 1.54) is 12.8 Å². The quantitative estimate of drug-likeness (QED) is 0.670. The molecule has 106 valence electrons. The molecule has 1 aromatic rings. The zero-order valence-electron chi connectivity index (χ0n) is 11.5. The number of anilines is 2. The van der Waals surface area contributed by atoms with Crippen molar-refractivity contribution in [1.29, 1.82) is 0 Å². The fourth-order valence-electron chi connectivity index (χ4n) is 1.73. The summed E-state index contributed by atoms with van der Waals surface area (Å²) < 4.78 is 10.7. The molecule has 1 fully saturated rings. The number of hydrogen-bond donors (Lipinski definition) is 2. The number of pyridine rings is 1. The van der Waals surface area contributed by atoms with Gasteiger partial charge in [-0.05, 0) is 43.7 Å². The van der Waals surface area contributed by atoms with Gasteiger partial charge in [0.05, 0.1) is 12.3 Å². The second-order valence-corrected chi connectivity index (χ2v) is 4.97. The first-order chi connectivity index (χ1) is 9.29. The van der Waals surface area contributed by atoms with Crippen LogP contribution in [0, 0.1) is 5.92 Å². The smallest absolute Gasteiger partial charge is 0.239 e. The van der Waals surface area contributed by atoms with E-state index in [-0.39, 0.29) is 0 Å². The largest absolute Gasteiger partial charge is 0.476 e. The van der Waals surface area contributed by atoms with Gasteiger partial charge >= 0.3 is 0 Å². The van der Waals surface area contributed by atoms with Crippen LogP contribution in [0.5, 0.6) is 5.88 Å². The van der Waals surface area contributed by atoms with E-state index >= 15 is 0 Å². The summed E-state index contributed by atoms with van der Waals surface area (Å²) in [6.07, 6.45) is 4.62. The number of rotatable bonds is 9. The number of nitrogens with one attached hydrogen (secondary N) is 1. The van der Waals surface area contributed by atoms with Crippen LogP contribution in [0.15, 0.2) is 12.1 Å². The van der Waals surface area contributed by atoms with E-state index in [4.69, 9.17) is 15.2 Å². The summed E-state index contributed by atoms with van der Waals surface area (Å²) in [5.41, 5.74) is 6.46. The Morgan fingerprint density at radius 1 is 1.37 bits per heavy atom. The van der Waals surface area contributed by atoms with E-state index in [0.717, 1.165) is 38.4 Å². The highest BCUT2D eigenvalue weighted by atomic mass is 16.5. The Morgan fingerprint density at radius 2 is 2.21 bits per heavy atom. The van der Waals surface area contributed by atoms with E-state index in [2.05, 4.69) is 10.3 Å². The van der Waals surface area contributed by atoms with Gasteiger partial charge in [0.15, 0.2) is 0 Å². The number of nitrogen functional groups attached to an aromatic ring is 1. The lowest BCUT2D eigenvalue weighted by atomic mass is 10.3. The molecule has 0 amide bonds. The number of ether oxygens (including phenoxy) is 2. The molecule has 3 N–H and O–H groups in total. The molecule has 0 aromatic carbocycles. The van der Waals surface area contributed by atoms with Crippen LogP contribution in [0.2, 0.25) is 0 Å². The lowest BCUT2D eigenvalue weighted by Crippen LogP contribution is -2.08. The molecule has 0 unspecified atom stereocenters. The normalized spacial score (nSPS) is 14.4. The molecule has 1 saturated carbocycles. The zero-order chi connectivity index (χ0) is 13.5. The molecule has 0 radical (unpaired) electrons. The van der Waals surface area contributed by atoms with Gasteiger partial charge in [0.25, 0.3) is 0 Å². The highest BCUT2D eigenvalue weighted by molar-refractivity contribution is 5.53. The molecule has 19 heavy (non-hydrogen) atoms. The summed E-state index contributed by atoms with van der Waals surface area (Å²) in [6.45, 7) is 2.41. The fourth-order valence-corrected chi connectivity index (χ4v) is 1.73. The van der Waals surface area contributed by atoms with Gasteiger partial charge in [-0.1, -0.05) is 0 Å². The second kappa shape index (κ2) is 7.19. The molecule has 5 heteroatoms. The minimum absolute atomic E-state index is 0.550. The molecule has 5 nitrogen and oxygen atoms in total.